The molecule has 3 N–H and O–H groups in total. The van der Waals surface area contributed by atoms with Gasteiger partial charge in [0.1, 0.15) is 11.5 Å². The van der Waals surface area contributed by atoms with E-state index in [1.54, 1.807) is 18.3 Å². The lowest BCUT2D eigenvalue weighted by Gasteiger charge is -2.11. The Morgan fingerprint density at radius 3 is 2.65 bits per heavy atom. The van der Waals surface area contributed by atoms with Crippen LogP contribution in [0.2, 0.25) is 0 Å². The van der Waals surface area contributed by atoms with Crippen molar-refractivity contribution < 1.29 is 13.2 Å². The molecule has 0 saturated heterocycles. The Hall–Kier alpha value is -2.19. The third-order valence-electron chi connectivity index (χ3n) is 3.85. The number of fused-ring (bicyclic) bond motifs is 1. The molecule has 2 heterocycles. The SMILES string of the molecule is NS(=O)(=O)c1ccc(CNC(=O)c2cn3c(n2)CCCC3)cc1. The molecule has 0 spiro atoms. The molecule has 1 aliphatic heterocycles. The Morgan fingerprint density at radius 1 is 1.26 bits per heavy atom. The average Bonchev–Trinajstić information content (AvgIpc) is 2.96. The van der Waals surface area contributed by atoms with E-state index in [-0.39, 0.29) is 10.8 Å². The summed E-state index contributed by atoms with van der Waals surface area (Å²) in [4.78, 5) is 16.6. The normalized spacial score (nSPS) is 14.3. The molecule has 8 heteroatoms. The molecule has 1 aromatic heterocycles. The third kappa shape index (κ3) is 3.59. The number of primary sulfonamides is 1. The van der Waals surface area contributed by atoms with Crippen molar-refractivity contribution in [3.8, 4) is 0 Å². The molecule has 0 radical (unpaired) electrons. The van der Waals surface area contributed by atoms with Gasteiger partial charge in [0.2, 0.25) is 10.0 Å². The van der Waals surface area contributed by atoms with Crippen molar-refractivity contribution in [3.05, 3.63) is 47.5 Å². The van der Waals surface area contributed by atoms with Crippen LogP contribution in [0.1, 0.15) is 34.7 Å². The van der Waals surface area contributed by atoms with Crippen molar-refractivity contribution in [1.82, 2.24) is 14.9 Å². The number of benzene rings is 1. The quantitative estimate of drug-likeness (QED) is 0.862. The van der Waals surface area contributed by atoms with Gasteiger partial charge in [0, 0.05) is 25.7 Å². The Balaban J connectivity index is 1.63. The van der Waals surface area contributed by atoms with Gasteiger partial charge in [-0.15, -0.1) is 0 Å². The number of amides is 1. The average molecular weight is 334 g/mol. The first kappa shape index (κ1) is 15.7. The molecule has 0 aliphatic carbocycles. The van der Waals surface area contributed by atoms with Gasteiger partial charge in [0.05, 0.1) is 4.90 Å². The first-order valence-electron chi connectivity index (χ1n) is 7.39. The van der Waals surface area contributed by atoms with Crippen LogP contribution in [0.25, 0.3) is 0 Å². The second-order valence-electron chi connectivity index (χ2n) is 5.56. The molecule has 7 nitrogen and oxygen atoms in total. The number of imidazole rings is 1. The van der Waals surface area contributed by atoms with Gasteiger partial charge in [0.25, 0.3) is 5.91 Å². The zero-order valence-electron chi connectivity index (χ0n) is 12.5. The van der Waals surface area contributed by atoms with Crippen molar-refractivity contribution in [3.63, 3.8) is 0 Å². The Morgan fingerprint density at radius 2 is 2.00 bits per heavy atom. The first-order valence-corrected chi connectivity index (χ1v) is 8.94. The smallest absolute Gasteiger partial charge is 0.271 e. The summed E-state index contributed by atoms with van der Waals surface area (Å²) in [5.74, 6) is 0.723. The second kappa shape index (κ2) is 6.13. The van der Waals surface area contributed by atoms with Gasteiger partial charge < -0.3 is 9.88 Å². The lowest BCUT2D eigenvalue weighted by molar-refractivity contribution is 0.0946. The molecule has 122 valence electrons. The topological polar surface area (TPSA) is 107 Å². The van der Waals surface area contributed by atoms with Gasteiger partial charge in [0.15, 0.2) is 0 Å². The molecular formula is C15H18N4O3S. The zero-order valence-corrected chi connectivity index (χ0v) is 13.3. The number of aromatic nitrogens is 2. The van der Waals surface area contributed by atoms with E-state index in [0.717, 1.165) is 37.2 Å². The van der Waals surface area contributed by atoms with Crippen LogP contribution in [0.3, 0.4) is 0 Å². The van der Waals surface area contributed by atoms with Crippen LogP contribution in [0, 0.1) is 0 Å². The van der Waals surface area contributed by atoms with Crippen LogP contribution in [-0.2, 0) is 29.5 Å². The predicted octanol–water partition coefficient (Wildman–Crippen LogP) is 0.797. The largest absolute Gasteiger partial charge is 0.347 e. The summed E-state index contributed by atoms with van der Waals surface area (Å²) < 4.78 is 24.4. The zero-order chi connectivity index (χ0) is 16.4. The molecule has 23 heavy (non-hydrogen) atoms. The molecule has 0 fully saturated rings. The van der Waals surface area contributed by atoms with E-state index in [4.69, 9.17) is 5.14 Å². The number of sulfonamides is 1. The minimum Gasteiger partial charge on any atom is -0.347 e. The molecule has 3 rings (SSSR count). The highest BCUT2D eigenvalue weighted by Gasteiger charge is 2.16. The van der Waals surface area contributed by atoms with Crippen LogP contribution in [-0.4, -0.2) is 23.9 Å². The Kier molecular flexibility index (Phi) is 4.18. The van der Waals surface area contributed by atoms with Gasteiger partial charge in [-0.25, -0.2) is 18.5 Å². The van der Waals surface area contributed by atoms with E-state index >= 15 is 0 Å². The van der Waals surface area contributed by atoms with Crippen LogP contribution in [0.4, 0.5) is 0 Å². The van der Waals surface area contributed by atoms with Crippen molar-refractivity contribution >= 4 is 15.9 Å². The Bertz CT molecular complexity index is 801. The number of nitrogens with zero attached hydrogens (tertiary/aromatic N) is 2. The number of aryl methyl sites for hydroxylation is 2. The molecule has 0 unspecified atom stereocenters. The molecule has 2 aromatic rings. The highest BCUT2D eigenvalue weighted by Crippen LogP contribution is 2.14. The molecule has 0 atom stereocenters. The van der Waals surface area contributed by atoms with Crippen LogP contribution in [0.5, 0.6) is 0 Å². The number of nitrogens with one attached hydrogen (secondary N) is 1. The molecule has 1 aliphatic rings. The summed E-state index contributed by atoms with van der Waals surface area (Å²) in [6.07, 6.45) is 4.91. The molecule has 0 bridgehead atoms. The van der Waals surface area contributed by atoms with Crippen LogP contribution in [0.15, 0.2) is 35.4 Å². The number of hydrogen-bond acceptors (Lipinski definition) is 4. The van der Waals surface area contributed by atoms with Gasteiger partial charge in [-0.2, -0.15) is 0 Å². The summed E-state index contributed by atoms with van der Waals surface area (Å²) in [5.41, 5.74) is 1.21. The predicted molar refractivity (Wildman–Crippen MR) is 84.2 cm³/mol. The highest BCUT2D eigenvalue weighted by molar-refractivity contribution is 7.89. The van der Waals surface area contributed by atoms with Crippen LogP contribution < -0.4 is 10.5 Å². The van der Waals surface area contributed by atoms with Gasteiger partial charge >= 0.3 is 0 Å². The lowest BCUT2D eigenvalue weighted by atomic mass is 10.2. The second-order valence-corrected chi connectivity index (χ2v) is 7.13. The van der Waals surface area contributed by atoms with Crippen LogP contribution >= 0.6 is 0 Å². The van der Waals surface area contributed by atoms with E-state index in [2.05, 4.69) is 10.3 Å². The highest BCUT2D eigenvalue weighted by atomic mass is 32.2. The summed E-state index contributed by atoms with van der Waals surface area (Å²) in [5, 5.41) is 7.83. The molecular weight excluding hydrogens is 316 g/mol. The maximum atomic E-state index is 12.2. The maximum absolute atomic E-state index is 12.2. The van der Waals surface area contributed by atoms with Crippen molar-refractivity contribution in [2.45, 2.75) is 37.2 Å². The van der Waals surface area contributed by atoms with Gasteiger partial charge in [-0.1, -0.05) is 12.1 Å². The Labute approximate surface area is 134 Å². The maximum Gasteiger partial charge on any atom is 0.271 e. The minimum absolute atomic E-state index is 0.0503. The van der Waals surface area contributed by atoms with Crippen molar-refractivity contribution in [2.24, 2.45) is 5.14 Å². The fourth-order valence-electron chi connectivity index (χ4n) is 2.59. The number of nitrogens with two attached hydrogens (primary N) is 1. The van der Waals surface area contributed by atoms with E-state index in [1.807, 2.05) is 4.57 Å². The summed E-state index contributed by atoms with van der Waals surface area (Å²) in [7, 11) is -3.70. The van der Waals surface area contributed by atoms with Gasteiger partial charge in [-0.3, -0.25) is 4.79 Å². The number of hydrogen-bond donors (Lipinski definition) is 2. The molecule has 1 amide bonds. The number of carbonyl (C=O) groups excluding carboxylic acids is 1. The van der Waals surface area contributed by atoms with E-state index < -0.39 is 10.0 Å². The summed E-state index contributed by atoms with van der Waals surface area (Å²) in [6.45, 7) is 1.20. The van der Waals surface area contributed by atoms with Gasteiger partial charge in [-0.05, 0) is 30.5 Å². The van der Waals surface area contributed by atoms with E-state index in [9.17, 15) is 13.2 Å². The molecule has 1 aromatic carbocycles. The molecule has 0 saturated carbocycles. The number of carbonyl (C=O) groups is 1. The minimum atomic E-state index is -3.70. The lowest BCUT2D eigenvalue weighted by Crippen LogP contribution is -2.23. The summed E-state index contributed by atoms with van der Waals surface area (Å²) >= 11 is 0. The van der Waals surface area contributed by atoms with Crippen molar-refractivity contribution in [2.75, 3.05) is 0 Å². The summed E-state index contributed by atoms with van der Waals surface area (Å²) in [6, 6.07) is 6.09. The standard InChI is InChI=1S/C15H18N4O3S/c16-23(21,22)12-6-4-11(5-7-12)9-17-15(20)13-10-19-8-2-1-3-14(19)18-13/h4-7,10H,1-3,8-9H2,(H,17,20)(H2,16,21,22). The fraction of sp³-hybridized carbons (Fsp3) is 0.333. The fourth-order valence-corrected chi connectivity index (χ4v) is 3.11. The first-order chi connectivity index (χ1) is 10.9. The van der Waals surface area contributed by atoms with Crippen molar-refractivity contribution in [1.29, 1.82) is 0 Å². The third-order valence-corrected chi connectivity index (χ3v) is 4.78. The van der Waals surface area contributed by atoms with E-state index in [0.29, 0.717) is 12.2 Å². The van der Waals surface area contributed by atoms with E-state index in [1.165, 1.54) is 12.1 Å². The monoisotopic (exact) mass is 334 g/mol. The number of rotatable bonds is 4.